The third kappa shape index (κ3) is 4.54. The number of allylic oxidation sites excluding steroid dienone is 1. The molecule has 6 heteroatoms. The first-order valence-corrected chi connectivity index (χ1v) is 8.88. The molecule has 2 N–H and O–H groups in total. The minimum Gasteiger partial charge on any atom is -0.354 e. The summed E-state index contributed by atoms with van der Waals surface area (Å²) in [5, 5.41) is 7.45. The number of piperazine rings is 1. The Hall–Kier alpha value is -2.47. The van der Waals surface area contributed by atoms with Crippen molar-refractivity contribution >= 4 is 17.6 Å². The van der Waals surface area contributed by atoms with Crippen LogP contribution >= 0.6 is 0 Å². The van der Waals surface area contributed by atoms with Gasteiger partial charge in [0, 0.05) is 33.3 Å². The molecule has 1 aliphatic rings. The average Bonchev–Trinajstić information content (AvgIpc) is 3.10. The van der Waals surface area contributed by atoms with Gasteiger partial charge in [0.1, 0.15) is 11.6 Å². The number of aromatic amines is 1. The van der Waals surface area contributed by atoms with Crippen LogP contribution < -0.4 is 4.90 Å². The zero-order valence-corrected chi connectivity index (χ0v) is 15.0. The highest BCUT2D eigenvalue weighted by atomic mass is 15.3. The highest BCUT2D eigenvalue weighted by Crippen LogP contribution is 2.20. The van der Waals surface area contributed by atoms with Crippen LogP contribution in [0.3, 0.4) is 0 Å². The number of H-pyrrole nitrogens is 1. The van der Waals surface area contributed by atoms with Crippen LogP contribution in [-0.2, 0) is 0 Å². The quantitative estimate of drug-likeness (QED) is 0.792. The summed E-state index contributed by atoms with van der Waals surface area (Å²) in [5.74, 6) is 1.76. The van der Waals surface area contributed by atoms with Crippen LogP contribution in [0.2, 0.25) is 0 Å². The van der Waals surface area contributed by atoms with E-state index in [0.717, 1.165) is 49.2 Å². The molecule has 1 fully saturated rings. The highest BCUT2D eigenvalue weighted by Gasteiger charge is 2.17. The van der Waals surface area contributed by atoms with Crippen molar-refractivity contribution in [1.29, 1.82) is 5.41 Å². The number of pyridine rings is 1. The van der Waals surface area contributed by atoms with Gasteiger partial charge in [0.25, 0.3) is 0 Å². The van der Waals surface area contributed by atoms with Crippen LogP contribution in [0.4, 0.5) is 5.82 Å². The standard InChI is InChI=1S/C19H26N6.H2/c1-3-9-24-10-12-25(13-11-24)19-6-4-5-16(23-19)17-14-21-18(22-17)8-7-15(2)20;/h4-8,14,20H,3,9-13H2,1-2H3,(H,21,22);1H/b8-7-,20-15?;. The lowest BCUT2D eigenvalue weighted by Gasteiger charge is -2.35. The molecule has 2 aromatic rings. The molecule has 3 rings (SSSR count). The Morgan fingerprint density at radius 1 is 1.32 bits per heavy atom. The van der Waals surface area contributed by atoms with Gasteiger partial charge in [-0.05, 0) is 44.2 Å². The molecule has 0 radical (unpaired) electrons. The topological polar surface area (TPSA) is 71.9 Å². The number of hydrogen-bond donors (Lipinski definition) is 2. The summed E-state index contributed by atoms with van der Waals surface area (Å²) in [5.41, 5.74) is 2.29. The number of imidazole rings is 1. The lowest BCUT2D eigenvalue weighted by Crippen LogP contribution is -2.46. The van der Waals surface area contributed by atoms with Gasteiger partial charge in [0.2, 0.25) is 0 Å². The van der Waals surface area contributed by atoms with E-state index in [1.165, 1.54) is 13.0 Å². The SMILES string of the molecule is CCCN1CCN(c2cccc(-c3cnc(/C=C\C(C)=N)[nH]3)n2)CC1.[HH]. The third-order valence-electron chi connectivity index (χ3n) is 4.33. The van der Waals surface area contributed by atoms with E-state index in [2.05, 4.69) is 32.8 Å². The number of anilines is 1. The van der Waals surface area contributed by atoms with Crippen molar-refractivity contribution < 1.29 is 1.43 Å². The summed E-state index contributed by atoms with van der Waals surface area (Å²) in [4.78, 5) is 17.3. The lowest BCUT2D eigenvalue weighted by molar-refractivity contribution is 0.258. The Balaban J connectivity index is 0.00000243. The summed E-state index contributed by atoms with van der Waals surface area (Å²) in [6.07, 6.45) is 6.54. The molecular weight excluding hydrogens is 312 g/mol. The van der Waals surface area contributed by atoms with Gasteiger partial charge in [-0.15, -0.1) is 0 Å². The molecule has 0 amide bonds. The Morgan fingerprint density at radius 2 is 2.12 bits per heavy atom. The van der Waals surface area contributed by atoms with E-state index in [4.69, 9.17) is 10.4 Å². The Morgan fingerprint density at radius 3 is 2.84 bits per heavy atom. The molecule has 0 aromatic carbocycles. The number of nitrogens with one attached hydrogen (secondary N) is 2. The second-order valence-electron chi connectivity index (χ2n) is 6.41. The van der Waals surface area contributed by atoms with E-state index in [-0.39, 0.29) is 1.43 Å². The van der Waals surface area contributed by atoms with Crippen molar-refractivity contribution in [2.24, 2.45) is 0 Å². The molecule has 0 atom stereocenters. The second-order valence-corrected chi connectivity index (χ2v) is 6.41. The fourth-order valence-electron chi connectivity index (χ4n) is 3.02. The monoisotopic (exact) mass is 340 g/mol. The Bertz CT molecular complexity index is 746. The maximum Gasteiger partial charge on any atom is 0.130 e. The van der Waals surface area contributed by atoms with Crippen molar-refractivity contribution in [3.05, 3.63) is 36.3 Å². The maximum absolute atomic E-state index is 7.45. The number of rotatable bonds is 6. The fraction of sp³-hybridized carbons (Fsp3) is 0.421. The van der Waals surface area contributed by atoms with Gasteiger partial charge in [0.15, 0.2) is 0 Å². The van der Waals surface area contributed by atoms with Crippen LogP contribution in [0.15, 0.2) is 30.5 Å². The van der Waals surface area contributed by atoms with Crippen LogP contribution in [0.1, 0.15) is 27.5 Å². The van der Waals surface area contributed by atoms with Gasteiger partial charge in [-0.25, -0.2) is 9.97 Å². The molecule has 6 nitrogen and oxygen atoms in total. The largest absolute Gasteiger partial charge is 0.354 e. The van der Waals surface area contributed by atoms with Crippen molar-refractivity contribution in [2.45, 2.75) is 20.3 Å². The Labute approximate surface area is 150 Å². The van der Waals surface area contributed by atoms with E-state index in [1.54, 1.807) is 19.2 Å². The molecule has 1 saturated heterocycles. The van der Waals surface area contributed by atoms with E-state index < -0.39 is 0 Å². The average molecular weight is 340 g/mol. The number of nitrogens with zero attached hydrogens (tertiary/aromatic N) is 4. The van der Waals surface area contributed by atoms with Crippen molar-refractivity contribution in [2.75, 3.05) is 37.6 Å². The predicted octanol–water partition coefficient (Wildman–Crippen LogP) is 3.30. The molecule has 1 aliphatic heterocycles. The second kappa shape index (κ2) is 8.07. The zero-order chi connectivity index (χ0) is 17.6. The summed E-state index contributed by atoms with van der Waals surface area (Å²) in [6, 6.07) is 6.13. The third-order valence-corrected chi connectivity index (χ3v) is 4.33. The highest BCUT2D eigenvalue weighted by molar-refractivity contribution is 5.93. The first kappa shape index (κ1) is 17.4. The summed E-state index contributed by atoms with van der Waals surface area (Å²) in [6.45, 7) is 9.39. The molecular formula is C19H28N6. The molecule has 3 heterocycles. The predicted molar refractivity (Wildman–Crippen MR) is 105 cm³/mol. The molecule has 25 heavy (non-hydrogen) atoms. The summed E-state index contributed by atoms with van der Waals surface area (Å²) >= 11 is 0. The fourth-order valence-corrected chi connectivity index (χ4v) is 3.02. The molecule has 0 aliphatic carbocycles. The van der Waals surface area contributed by atoms with Crippen molar-refractivity contribution in [1.82, 2.24) is 19.9 Å². The summed E-state index contributed by atoms with van der Waals surface area (Å²) in [7, 11) is 0. The first-order valence-electron chi connectivity index (χ1n) is 8.88. The van der Waals surface area contributed by atoms with E-state index >= 15 is 0 Å². The first-order chi connectivity index (χ1) is 12.2. The molecule has 134 valence electrons. The van der Waals surface area contributed by atoms with Crippen LogP contribution in [0, 0.1) is 5.41 Å². The molecule has 0 spiro atoms. The van der Waals surface area contributed by atoms with Gasteiger partial charge >= 0.3 is 0 Å². The van der Waals surface area contributed by atoms with Crippen LogP contribution in [-0.4, -0.2) is 58.3 Å². The normalized spacial score (nSPS) is 15.8. The molecule has 0 saturated carbocycles. The minimum atomic E-state index is 0. The Kier molecular flexibility index (Phi) is 5.60. The smallest absolute Gasteiger partial charge is 0.130 e. The summed E-state index contributed by atoms with van der Waals surface area (Å²) < 4.78 is 0. The van der Waals surface area contributed by atoms with Crippen LogP contribution in [0.25, 0.3) is 17.5 Å². The van der Waals surface area contributed by atoms with Crippen molar-refractivity contribution in [3.8, 4) is 11.4 Å². The number of hydrogen-bond acceptors (Lipinski definition) is 5. The minimum absolute atomic E-state index is 0. The van der Waals surface area contributed by atoms with Gasteiger partial charge in [-0.3, -0.25) is 4.90 Å². The molecule has 0 unspecified atom stereocenters. The lowest BCUT2D eigenvalue weighted by atomic mass is 10.2. The molecule has 2 aromatic heterocycles. The van der Waals surface area contributed by atoms with Gasteiger partial charge in [0.05, 0.1) is 17.6 Å². The van der Waals surface area contributed by atoms with E-state index in [0.29, 0.717) is 5.71 Å². The number of aromatic nitrogens is 3. The van der Waals surface area contributed by atoms with Crippen molar-refractivity contribution in [3.63, 3.8) is 0 Å². The maximum atomic E-state index is 7.45. The van der Waals surface area contributed by atoms with Gasteiger partial charge < -0.3 is 15.3 Å². The van der Waals surface area contributed by atoms with E-state index in [9.17, 15) is 0 Å². The molecule has 0 bridgehead atoms. The van der Waals surface area contributed by atoms with Gasteiger partial charge in [-0.2, -0.15) is 0 Å². The zero-order valence-electron chi connectivity index (χ0n) is 15.0. The van der Waals surface area contributed by atoms with E-state index in [1.807, 2.05) is 18.2 Å². The van der Waals surface area contributed by atoms with Gasteiger partial charge in [-0.1, -0.05) is 13.0 Å². The van der Waals surface area contributed by atoms with Crippen LogP contribution in [0.5, 0.6) is 0 Å².